The third-order valence-corrected chi connectivity index (χ3v) is 4.75. The molecule has 102 valence electrons. The Balaban J connectivity index is 2.02. The van der Waals surface area contributed by atoms with Gasteiger partial charge in [-0.2, -0.15) is 0 Å². The summed E-state index contributed by atoms with van der Waals surface area (Å²) < 4.78 is 30.0. The van der Waals surface area contributed by atoms with E-state index < -0.39 is 22.1 Å². The number of sulfonamides is 1. The quantitative estimate of drug-likeness (QED) is 0.766. The molecule has 2 aliphatic heterocycles. The number of aromatic nitrogens is 1. The van der Waals surface area contributed by atoms with Crippen molar-refractivity contribution in [2.24, 2.45) is 0 Å². The summed E-state index contributed by atoms with van der Waals surface area (Å²) in [5, 5.41) is 2.57. The molecule has 7 nitrogen and oxygen atoms in total. The third kappa shape index (κ3) is 2.01. The molecule has 2 unspecified atom stereocenters. The Labute approximate surface area is 111 Å². The van der Waals surface area contributed by atoms with Gasteiger partial charge in [-0.05, 0) is 6.07 Å². The number of carbonyl (C=O) groups excluding carboxylic acids is 1. The van der Waals surface area contributed by atoms with Gasteiger partial charge in [0, 0.05) is 24.7 Å². The summed E-state index contributed by atoms with van der Waals surface area (Å²) >= 11 is 0. The minimum Gasteiger partial charge on any atom is -0.598 e. The Kier molecular flexibility index (Phi) is 2.63. The highest BCUT2D eigenvalue weighted by Gasteiger charge is 2.51. The molecule has 2 atom stereocenters. The van der Waals surface area contributed by atoms with Gasteiger partial charge in [0.05, 0.1) is 18.4 Å². The number of anilines is 1. The van der Waals surface area contributed by atoms with Gasteiger partial charge in [0.2, 0.25) is 0 Å². The standard InChI is InChI=1S/C11H13N3O4S/c1-19(16,17)14-5-3-11(7-14)8-2-4-12-6-9(8)13-10(15)18-11/h2,4,6H,3,5,7H2,1H3,(H-,13,15,16,17). The van der Waals surface area contributed by atoms with Gasteiger partial charge in [-0.1, -0.05) is 4.21 Å². The van der Waals surface area contributed by atoms with Crippen molar-refractivity contribution >= 4 is 22.2 Å². The van der Waals surface area contributed by atoms with Gasteiger partial charge in [0.1, 0.15) is 16.7 Å². The Morgan fingerprint density at radius 3 is 3.11 bits per heavy atom. The number of rotatable bonds is 1. The van der Waals surface area contributed by atoms with Crippen molar-refractivity contribution in [3.8, 4) is 0 Å². The van der Waals surface area contributed by atoms with Crippen LogP contribution >= 0.6 is 0 Å². The predicted octanol–water partition coefficient (Wildman–Crippen LogP) is 0.719. The van der Waals surface area contributed by atoms with Crippen LogP contribution in [0.4, 0.5) is 10.5 Å². The number of hydrogen-bond acceptors (Lipinski definition) is 5. The van der Waals surface area contributed by atoms with Crippen LogP contribution in [-0.4, -0.2) is 39.3 Å². The zero-order valence-corrected chi connectivity index (χ0v) is 11.1. The van der Waals surface area contributed by atoms with Crippen molar-refractivity contribution in [1.82, 2.24) is 9.29 Å². The van der Waals surface area contributed by atoms with Crippen LogP contribution in [0, 0.1) is 0 Å². The van der Waals surface area contributed by atoms with E-state index in [-0.39, 0.29) is 6.54 Å². The minimum absolute atomic E-state index is 0.149. The van der Waals surface area contributed by atoms with Gasteiger partial charge < -0.3 is 9.29 Å². The van der Waals surface area contributed by atoms with E-state index in [0.29, 0.717) is 18.7 Å². The van der Waals surface area contributed by atoms with Gasteiger partial charge in [-0.15, -0.1) is 4.31 Å². The van der Waals surface area contributed by atoms with Crippen molar-refractivity contribution in [3.63, 3.8) is 0 Å². The second kappa shape index (κ2) is 3.99. The molecule has 1 amide bonds. The fourth-order valence-corrected chi connectivity index (χ4v) is 3.46. The van der Waals surface area contributed by atoms with Gasteiger partial charge in [-0.25, -0.2) is 4.79 Å². The van der Waals surface area contributed by atoms with E-state index in [4.69, 9.17) is 4.74 Å². The molecule has 0 radical (unpaired) electrons. The lowest BCUT2D eigenvalue weighted by molar-refractivity contribution is 0.0233. The molecular weight excluding hydrogens is 270 g/mol. The second-order valence-electron chi connectivity index (χ2n) is 4.78. The van der Waals surface area contributed by atoms with Crippen molar-refractivity contribution in [2.75, 3.05) is 24.7 Å². The molecule has 19 heavy (non-hydrogen) atoms. The summed E-state index contributed by atoms with van der Waals surface area (Å²) in [5.74, 6) is 0. The van der Waals surface area contributed by atoms with Crippen molar-refractivity contribution in [1.29, 1.82) is 0 Å². The van der Waals surface area contributed by atoms with Crippen LogP contribution in [0.2, 0.25) is 0 Å². The number of pyridine rings is 1. The lowest BCUT2D eigenvalue weighted by atomic mass is 9.91. The van der Waals surface area contributed by atoms with E-state index >= 15 is 0 Å². The topological polar surface area (TPSA) is 94.6 Å². The first kappa shape index (κ1) is 12.5. The van der Waals surface area contributed by atoms with Gasteiger partial charge in [0.25, 0.3) is 0 Å². The van der Waals surface area contributed by atoms with E-state index in [9.17, 15) is 13.6 Å². The molecule has 1 N–H and O–H groups in total. The van der Waals surface area contributed by atoms with E-state index in [1.165, 1.54) is 4.31 Å². The summed E-state index contributed by atoms with van der Waals surface area (Å²) in [7, 11) is -3.29. The van der Waals surface area contributed by atoms with Crippen molar-refractivity contribution in [3.05, 3.63) is 24.0 Å². The molecule has 1 aromatic heterocycles. The van der Waals surface area contributed by atoms with Crippen LogP contribution in [0.1, 0.15) is 12.0 Å². The van der Waals surface area contributed by atoms with Crippen LogP contribution in [0.3, 0.4) is 0 Å². The number of nitrogens with zero attached hydrogens (tertiary/aromatic N) is 2. The molecule has 0 saturated carbocycles. The highest BCUT2D eigenvalue weighted by Crippen LogP contribution is 2.43. The Bertz CT molecular complexity index is 587. The number of hydrogen-bond donors (Lipinski definition) is 1. The maximum atomic E-state index is 11.6. The summed E-state index contributed by atoms with van der Waals surface area (Å²) in [6.45, 7) is 0.490. The van der Waals surface area contributed by atoms with Crippen LogP contribution in [0.15, 0.2) is 18.5 Å². The molecule has 1 fully saturated rings. The zero-order valence-electron chi connectivity index (χ0n) is 10.3. The minimum atomic E-state index is -3.29. The summed E-state index contributed by atoms with van der Waals surface area (Å²) in [6.07, 6.45) is 4.17. The molecule has 0 aromatic carbocycles. The second-order valence-corrected chi connectivity index (χ2v) is 6.76. The molecule has 0 bridgehead atoms. The van der Waals surface area contributed by atoms with E-state index in [1.54, 1.807) is 18.5 Å². The van der Waals surface area contributed by atoms with Crippen LogP contribution in [0.5, 0.6) is 0 Å². The number of ether oxygens (including phenoxy) is 1. The van der Waals surface area contributed by atoms with Crippen LogP contribution in [0.25, 0.3) is 0 Å². The predicted molar refractivity (Wildman–Crippen MR) is 67.0 cm³/mol. The van der Waals surface area contributed by atoms with Crippen LogP contribution < -0.4 is 5.32 Å². The number of nitrogens with one attached hydrogen (secondary N) is 1. The Morgan fingerprint density at radius 1 is 1.63 bits per heavy atom. The number of fused-ring (bicyclic) bond motifs is 2. The van der Waals surface area contributed by atoms with Gasteiger partial charge in [-0.3, -0.25) is 10.3 Å². The normalized spacial score (nSPS) is 29.5. The lowest BCUT2D eigenvalue weighted by Gasteiger charge is -2.34. The molecule has 0 aliphatic carbocycles. The fraction of sp³-hybridized carbons (Fsp3) is 0.455. The number of amides is 1. The van der Waals surface area contributed by atoms with Crippen molar-refractivity contribution < 1.29 is 18.3 Å². The first-order valence-corrected chi connectivity index (χ1v) is 7.65. The van der Waals surface area contributed by atoms with Crippen molar-refractivity contribution in [2.45, 2.75) is 12.0 Å². The molecule has 1 saturated heterocycles. The maximum absolute atomic E-state index is 11.6. The van der Waals surface area contributed by atoms with Gasteiger partial charge in [0.15, 0.2) is 5.60 Å². The monoisotopic (exact) mass is 283 g/mol. The van der Waals surface area contributed by atoms with E-state index in [1.807, 2.05) is 0 Å². The molecule has 2 aliphatic rings. The SMILES string of the molecule is C[S+](=O)([O-])N1CCC2(C1)OC(=O)Nc1cnccc12. The third-order valence-electron chi connectivity index (χ3n) is 3.50. The maximum Gasteiger partial charge on any atom is 0.412 e. The number of carbonyl (C=O) groups is 1. The smallest absolute Gasteiger partial charge is 0.412 e. The van der Waals surface area contributed by atoms with Crippen LogP contribution in [-0.2, 0) is 24.9 Å². The van der Waals surface area contributed by atoms with E-state index in [0.717, 1.165) is 11.8 Å². The zero-order chi connectivity index (χ0) is 13.7. The Morgan fingerprint density at radius 2 is 2.42 bits per heavy atom. The summed E-state index contributed by atoms with van der Waals surface area (Å²) in [4.78, 5) is 15.6. The van der Waals surface area contributed by atoms with E-state index in [2.05, 4.69) is 10.3 Å². The average Bonchev–Trinajstić information content (AvgIpc) is 2.73. The summed E-state index contributed by atoms with van der Waals surface area (Å²) in [6, 6.07) is 1.75. The highest BCUT2D eigenvalue weighted by molar-refractivity contribution is 7.94. The molecule has 1 aromatic rings. The molecule has 3 heterocycles. The molecule has 8 heteroatoms. The molecule has 3 rings (SSSR count). The van der Waals surface area contributed by atoms with Gasteiger partial charge >= 0.3 is 6.09 Å². The first-order chi connectivity index (χ1) is 8.91. The molecule has 1 spiro atoms. The largest absolute Gasteiger partial charge is 0.598 e. The lowest BCUT2D eigenvalue weighted by Crippen LogP contribution is -2.43. The first-order valence-electron chi connectivity index (χ1n) is 5.80. The average molecular weight is 283 g/mol. The molecular formula is C11H13N3O4S. The summed E-state index contributed by atoms with van der Waals surface area (Å²) in [5.41, 5.74) is 0.450. The Hall–Kier alpha value is -1.51. The highest BCUT2D eigenvalue weighted by atomic mass is 32.3. The fourth-order valence-electron chi connectivity index (χ4n) is 2.59.